The van der Waals surface area contributed by atoms with Gasteiger partial charge in [0.05, 0.1) is 23.1 Å². The molecule has 0 atom stereocenters. The number of hydrazone groups is 1. The second kappa shape index (κ2) is 8.88. The summed E-state index contributed by atoms with van der Waals surface area (Å²) in [6.45, 7) is 3.39. The number of pyridine rings is 1. The number of amides is 3. The number of nitrogens with one attached hydrogen (secondary N) is 3. The highest BCUT2D eigenvalue weighted by Gasteiger charge is 2.28. The molecule has 3 aromatic heterocycles. The van der Waals surface area contributed by atoms with Crippen LogP contribution in [0.25, 0.3) is 0 Å². The van der Waals surface area contributed by atoms with Crippen LogP contribution in [0, 0.1) is 13.8 Å². The molecule has 1 aliphatic carbocycles. The third kappa shape index (κ3) is 4.15. The van der Waals surface area contributed by atoms with Gasteiger partial charge in [-0.2, -0.15) is 5.10 Å². The first-order valence-electron chi connectivity index (χ1n) is 10.00. The van der Waals surface area contributed by atoms with Gasteiger partial charge in [0.15, 0.2) is 5.76 Å². The number of nitrogens with zero attached hydrogens (tertiary/aromatic N) is 2. The van der Waals surface area contributed by atoms with Gasteiger partial charge in [0.25, 0.3) is 11.8 Å². The molecule has 32 heavy (non-hydrogen) atoms. The van der Waals surface area contributed by atoms with Crippen molar-refractivity contribution in [2.45, 2.75) is 33.1 Å². The van der Waals surface area contributed by atoms with Gasteiger partial charge >= 0.3 is 5.91 Å². The van der Waals surface area contributed by atoms with Crippen LogP contribution in [0.4, 0.5) is 0 Å². The second-order valence-corrected chi connectivity index (χ2v) is 7.25. The third-order valence-electron chi connectivity index (χ3n) is 5.14. The van der Waals surface area contributed by atoms with E-state index >= 15 is 0 Å². The smallest absolute Gasteiger partial charge is 0.305 e. The molecular weight excluding hydrogens is 414 g/mol. The van der Waals surface area contributed by atoms with E-state index in [-0.39, 0.29) is 11.7 Å². The number of carbonyl (C=O) groups excluding carboxylic acids is 3. The first-order valence-corrected chi connectivity index (χ1v) is 10.00. The van der Waals surface area contributed by atoms with Crippen molar-refractivity contribution in [3.05, 3.63) is 76.4 Å². The predicted molar refractivity (Wildman–Crippen MR) is 113 cm³/mol. The lowest BCUT2D eigenvalue weighted by molar-refractivity contribution is 0.0828. The summed E-state index contributed by atoms with van der Waals surface area (Å²) in [6, 6.07) is 4.81. The molecule has 0 aromatic carbocycles. The van der Waals surface area contributed by atoms with E-state index in [0.29, 0.717) is 52.3 Å². The highest BCUT2D eigenvalue weighted by atomic mass is 16.4. The number of fused-ring (bicyclic) bond motifs is 1. The maximum absolute atomic E-state index is 12.6. The normalized spacial score (nSPS) is 14.0. The molecule has 164 valence electrons. The molecule has 0 spiro atoms. The van der Waals surface area contributed by atoms with Crippen molar-refractivity contribution >= 4 is 23.4 Å². The first kappa shape index (κ1) is 21.0. The molecule has 0 fully saturated rings. The van der Waals surface area contributed by atoms with Gasteiger partial charge in [-0.3, -0.25) is 30.2 Å². The van der Waals surface area contributed by atoms with E-state index in [4.69, 9.17) is 8.83 Å². The molecule has 0 saturated carbocycles. The SMILES string of the molecule is Cc1occc1C(=O)NNC(=O)c1oc2c(c1C)/C(=N/NC(=O)c1cccnc1)CCC2. The average Bonchev–Trinajstić information content (AvgIpc) is 3.39. The minimum Gasteiger partial charge on any atom is -0.469 e. The molecule has 3 N–H and O–H groups in total. The van der Waals surface area contributed by atoms with Gasteiger partial charge in [-0.1, -0.05) is 0 Å². The van der Waals surface area contributed by atoms with Crippen molar-refractivity contribution in [1.29, 1.82) is 0 Å². The monoisotopic (exact) mass is 435 g/mol. The van der Waals surface area contributed by atoms with Crippen molar-refractivity contribution in [3.63, 3.8) is 0 Å². The maximum Gasteiger partial charge on any atom is 0.305 e. The topological polar surface area (TPSA) is 139 Å². The minimum atomic E-state index is -0.592. The van der Waals surface area contributed by atoms with Crippen molar-refractivity contribution in [2.24, 2.45) is 5.10 Å². The highest BCUT2D eigenvalue weighted by Crippen LogP contribution is 2.29. The van der Waals surface area contributed by atoms with Crippen LogP contribution in [-0.4, -0.2) is 28.4 Å². The molecule has 0 unspecified atom stereocenters. The zero-order valence-electron chi connectivity index (χ0n) is 17.5. The summed E-state index contributed by atoms with van der Waals surface area (Å²) in [5.74, 6) is -0.341. The van der Waals surface area contributed by atoms with E-state index in [1.54, 1.807) is 32.2 Å². The molecule has 10 nitrogen and oxygen atoms in total. The Morgan fingerprint density at radius 3 is 2.59 bits per heavy atom. The van der Waals surface area contributed by atoms with Gasteiger partial charge in [-0.05, 0) is 44.9 Å². The predicted octanol–water partition coefficient (Wildman–Crippen LogP) is 2.43. The number of hydrogen-bond acceptors (Lipinski definition) is 7. The van der Waals surface area contributed by atoms with Crippen molar-refractivity contribution in [3.8, 4) is 0 Å². The minimum absolute atomic E-state index is 0.0763. The van der Waals surface area contributed by atoms with E-state index in [0.717, 1.165) is 6.42 Å². The quantitative estimate of drug-likeness (QED) is 0.538. The van der Waals surface area contributed by atoms with Crippen LogP contribution in [0.5, 0.6) is 0 Å². The fraction of sp³-hybridized carbons (Fsp3) is 0.227. The molecular formula is C22H21N5O5. The Hall–Kier alpha value is -4.21. The Kier molecular flexibility index (Phi) is 5.84. The standard InChI is InChI=1S/C22H21N5O5/c1-12-18-16(24-25-20(28)14-5-4-9-23-11-14)6-3-7-17(18)32-19(12)22(30)27-26-21(29)15-8-10-31-13(15)2/h4-5,8-11H,3,6-7H2,1-2H3,(H,25,28)(H,26,29)(H,27,30)/b24-16+. The molecule has 10 heteroatoms. The number of hydrogen-bond donors (Lipinski definition) is 3. The van der Waals surface area contributed by atoms with Gasteiger partial charge in [-0.25, -0.2) is 5.43 Å². The Bertz CT molecular complexity index is 1210. The third-order valence-corrected chi connectivity index (χ3v) is 5.14. The van der Waals surface area contributed by atoms with Gasteiger partial charge < -0.3 is 8.83 Å². The molecule has 0 saturated heterocycles. The maximum atomic E-state index is 12.6. The summed E-state index contributed by atoms with van der Waals surface area (Å²) in [5.41, 5.74) is 9.86. The van der Waals surface area contributed by atoms with E-state index in [9.17, 15) is 14.4 Å². The Morgan fingerprint density at radius 1 is 1.06 bits per heavy atom. The summed E-state index contributed by atoms with van der Waals surface area (Å²) >= 11 is 0. The van der Waals surface area contributed by atoms with Crippen molar-refractivity contribution in [2.75, 3.05) is 0 Å². The first-order chi connectivity index (χ1) is 15.5. The molecule has 1 aliphatic rings. The van der Waals surface area contributed by atoms with Crippen LogP contribution >= 0.6 is 0 Å². The number of aromatic nitrogens is 1. The molecule has 4 rings (SSSR count). The van der Waals surface area contributed by atoms with E-state index in [1.807, 2.05) is 0 Å². The summed E-state index contributed by atoms with van der Waals surface area (Å²) < 4.78 is 10.9. The summed E-state index contributed by atoms with van der Waals surface area (Å²) in [7, 11) is 0. The fourth-order valence-electron chi connectivity index (χ4n) is 3.53. The summed E-state index contributed by atoms with van der Waals surface area (Å²) in [6.07, 6.45) is 6.45. The van der Waals surface area contributed by atoms with Gasteiger partial charge in [0.1, 0.15) is 11.5 Å². The molecule has 3 amide bonds. The molecule has 0 radical (unpaired) electrons. The van der Waals surface area contributed by atoms with Crippen LogP contribution < -0.4 is 16.3 Å². The lowest BCUT2D eigenvalue weighted by atomic mass is 9.93. The number of rotatable bonds is 4. The number of carbonyl (C=O) groups is 3. The van der Waals surface area contributed by atoms with E-state index in [1.165, 1.54) is 18.5 Å². The summed E-state index contributed by atoms with van der Waals surface area (Å²) in [4.78, 5) is 41.0. The molecule has 3 heterocycles. The largest absolute Gasteiger partial charge is 0.469 e. The fourth-order valence-corrected chi connectivity index (χ4v) is 3.53. The summed E-state index contributed by atoms with van der Waals surface area (Å²) in [5, 5.41) is 4.27. The van der Waals surface area contributed by atoms with Crippen LogP contribution in [0.15, 0.2) is 50.8 Å². The van der Waals surface area contributed by atoms with Crippen molar-refractivity contribution in [1.82, 2.24) is 21.3 Å². The molecule has 0 bridgehead atoms. The number of aryl methyl sites for hydroxylation is 2. The number of hydrazine groups is 1. The van der Waals surface area contributed by atoms with Gasteiger partial charge in [0, 0.05) is 29.9 Å². The number of furan rings is 2. The Balaban J connectivity index is 1.49. The van der Waals surface area contributed by atoms with Crippen LogP contribution in [0.3, 0.4) is 0 Å². The van der Waals surface area contributed by atoms with Gasteiger partial charge in [-0.15, -0.1) is 0 Å². The Morgan fingerprint density at radius 2 is 1.88 bits per heavy atom. The van der Waals surface area contributed by atoms with Crippen LogP contribution in [-0.2, 0) is 6.42 Å². The van der Waals surface area contributed by atoms with Crippen molar-refractivity contribution < 1.29 is 23.2 Å². The molecule has 0 aliphatic heterocycles. The zero-order chi connectivity index (χ0) is 22.7. The average molecular weight is 435 g/mol. The molecule has 3 aromatic rings. The second-order valence-electron chi connectivity index (χ2n) is 7.25. The van der Waals surface area contributed by atoms with Gasteiger partial charge in [0.2, 0.25) is 0 Å². The highest BCUT2D eigenvalue weighted by molar-refractivity contribution is 6.07. The van der Waals surface area contributed by atoms with E-state index < -0.39 is 11.8 Å². The Labute approximate surface area is 183 Å². The lowest BCUT2D eigenvalue weighted by Gasteiger charge is -2.13. The zero-order valence-corrected chi connectivity index (χ0v) is 17.5. The van der Waals surface area contributed by atoms with Crippen LogP contribution in [0.1, 0.15) is 66.8 Å². The lowest BCUT2D eigenvalue weighted by Crippen LogP contribution is -2.41. The van der Waals surface area contributed by atoms with E-state index in [2.05, 4.69) is 26.4 Å². The van der Waals surface area contributed by atoms with Crippen LogP contribution in [0.2, 0.25) is 0 Å².